The molecule has 1 N–H and O–H groups in total. The number of anilines is 1. The molecule has 0 aliphatic rings. The van der Waals surface area contributed by atoms with Crippen molar-refractivity contribution in [3.63, 3.8) is 0 Å². The lowest BCUT2D eigenvalue weighted by atomic mass is 10.1. The predicted molar refractivity (Wildman–Crippen MR) is 103 cm³/mol. The number of hydrogen-bond donors (Lipinski definition) is 1. The van der Waals surface area contributed by atoms with Crippen LogP contribution in [0.15, 0.2) is 41.7 Å². The van der Waals surface area contributed by atoms with Crippen LogP contribution in [-0.4, -0.2) is 32.0 Å². The Labute approximate surface area is 172 Å². The number of carbonyl (C=O) groups excluding carboxylic acids is 2. The highest BCUT2D eigenvalue weighted by atomic mass is 35.5. The van der Waals surface area contributed by atoms with Crippen molar-refractivity contribution in [2.75, 3.05) is 11.1 Å². The summed E-state index contributed by atoms with van der Waals surface area (Å²) in [5, 5.41) is 10.2. The first-order valence-electron chi connectivity index (χ1n) is 8.36. The van der Waals surface area contributed by atoms with Crippen molar-refractivity contribution in [2.24, 2.45) is 0 Å². The van der Waals surface area contributed by atoms with Crippen LogP contribution in [0.2, 0.25) is 5.02 Å². The van der Waals surface area contributed by atoms with Crippen LogP contribution in [0.25, 0.3) is 5.65 Å². The molecule has 1 aromatic carbocycles. The Morgan fingerprint density at radius 1 is 1.21 bits per heavy atom. The number of nitrogens with one attached hydrogen (secondary N) is 1. The van der Waals surface area contributed by atoms with Gasteiger partial charge in [0, 0.05) is 23.9 Å². The molecule has 6 nitrogen and oxygen atoms in total. The minimum atomic E-state index is -4.57. The van der Waals surface area contributed by atoms with Gasteiger partial charge in [-0.05, 0) is 30.3 Å². The second kappa shape index (κ2) is 8.42. The van der Waals surface area contributed by atoms with Gasteiger partial charge in [-0.3, -0.25) is 14.0 Å². The molecule has 152 valence electrons. The summed E-state index contributed by atoms with van der Waals surface area (Å²) in [6.45, 7) is 1.73. The first-order chi connectivity index (χ1) is 13.7. The average Bonchev–Trinajstić information content (AvgIpc) is 3.09. The van der Waals surface area contributed by atoms with Crippen LogP contribution in [0, 0.1) is 0 Å². The van der Waals surface area contributed by atoms with Crippen molar-refractivity contribution < 1.29 is 22.8 Å². The summed E-state index contributed by atoms with van der Waals surface area (Å²) in [4.78, 5) is 23.8. The van der Waals surface area contributed by atoms with E-state index in [0.29, 0.717) is 17.7 Å². The van der Waals surface area contributed by atoms with Crippen LogP contribution < -0.4 is 5.32 Å². The quantitative estimate of drug-likeness (QED) is 0.441. The van der Waals surface area contributed by atoms with Crippen LogP contribution >= 0.6 is 23.4 Å². The SMILES string of the molecule is CCC(=O)Nc1ccc(C(=O)CSc2nnc3c(Cl)cc(C(F)(F)F)cn23)cc1. The van der Waals surface area contributed by atoms with Gasteiger partial charge < -0.3 is 5.32 Å². The van der Waals surface area contributed by atoms with Crippen LogP contribution in [0.3, 0.4) is 0 Å². The monoisotopic (exact) mass is 442 g/mol. The molecule has 0 saturated carbocycles. The van der Waals surface area contributed by atoms with Crippen LogP contribution in [0.4, 0.5) is 18.9 Å². The molecule has 2 aromatic heterocycles. The number of ketones is 1. The minimum Gasteiger partial charge on any atom is -0.326 e. The molecule has 3 aromatic rings. The van der Waals surface area contributed by atoms with E-state index >= 15 is 0 Å². The Kier molecular flexibility index (Phi) is 6.13. The van der Waals surface area contributed by atoms with Crippen molar-refractivity contribution in [3.8, 4) is 0 Å². The first-order valence-corrected chi connectivity index (χ1v) is 9.72. The van der Waals surface area contributed by atoms with E-state index in [0.717, 1.165) is 28.4 Å². The third-order valence-electron chi connectivity index (χ3n) is 3.90. The van der Waals surface area contributed by atoms with Gasteiger partial charge in [-0.2, -0.15) is 13.2 Å². The average molecular weight is 443 g/mol. The Bertz CT molecular complexity index is 1070. The number of benzene rings is 1. The number of amides is 1. The van der Waals surface area contributed by atoms with E-state index in [2.05, 4.69) is 15.5 Å². The number of hydrogen-bond acceptors (Lipinski definition) is 5. The second-order valence-corrected chi connectivity index (χ2v) is 7.29. The van der Waals surface area contributed by atoms with Gasteiger partial charge in [-0.1, -0.05) is 30.3 Å². The van der Waals surface area contributed by atoms with Crippen molar-refractivity contribution in [1.82, 2.24) is 14.6 Å². The molecule has 1 amide bonds. The van der Waals surface area contributed by atoms with E-state index in [-0.39, 0.29) is 33.3 Å². The maximum absolute atomic E-state index is 13.0. The summed E-state index contributed by atoms with van der Waals surface area (Å²) in [7, 11) is 0. The number of aromatic nitrogens is 3. The molecule has 2 heterocycles. The number of nitrogens with zero attached hydrogens (tertiary/aromatic N) is 3. The molecule has 3 rings (SSSR count). The number of pyridine rings is 1. The number of rotatable bonds is 6. The molecule has 0 spiro atoms. The number of carbonyl (C=O) groups is 2. The second-order valence-electron chi connectivity index (χ2n) is 5.94. The van der Waals surface area contributed by atoms with E-state index in [1.54, 1.807) is 31.2 Å². The molecule has 0 bridgehead atoms. The highest BCUT2D eigenvalue weighted by Gasteiger charge is 2.32. The summed E-state index contributed by atoms with van der Waals surface area (Å²) in [6, 6.07) is 7.12. The van der Waals surface area contributed by atoms with Gasteiger partial charge in [-0.15, -0.1) is 10.2 Å². The number of alkyl halides is 3. The van der Waals surface area contributed by atoms with Crippen LogP contribution in [0.5, 0.6) is 0 Å². The Hall–Kier alpha value is -2.59. The van der Waals surface area contributed by atoms with Crippen molar-refractivity contribution >= 4 is 46.4 Å². The maximum Gasteiger partial charge on any atom is 0.417 e. The van der Waals surface area contributed by atoms with E-state index in [9.17, 15) is 22.8 Å². The van der Waals surface area contributed by atoms with E-state index < -0.39 is 11.7 Å². The highest BCUT2D eigenvalue weighted by Crippen LogP contribution is 2.33. The number of thioether (sulfide) groups is 1. The molecule has 0 radical (unpaired) electrons. The summed E-state index contributed by atoms with van der Waals surface area (Å²) >= 11 is 6.82. The van der Waals surface area contributed by atoms with Crippen molar-refractivity contribution in [2.45, 2.75) is 24.7 Å². The lowest BCUT2D eigenvalue weighted by Gasteiger charge is -2.08. The lowest BCUT2D eigenvalue weighted by Crippen LogP contribution is -2.10. The summed E-state index contributed by atoms with van der Waals surface area (Å²) in [6.07, 6.45) is -3.39. The predicted octanol–water partition coefficient (Wildman–Crippen LogP) is 4.73. The fourth-order valence-corrected chi connectivity index (χ4v) is 3.44. The summed E-state index contributed by atoms with van der Waals surface area (Å²) < 4.78 is 40.1. The fraction of sp³-hybridized carbons (Fsp3) is 0.222. The van der Waals surface area contributed by atoms with Gasteiger partial charge >= 0.3 is 6.18 Å². The number of halogens is 4. The highest BCUT2D eigenvalue weighted by molar-refractivity contribution is 7.99. The first kappa shape index (κ1) is 21.1. The zero-order valence-corrected chi connectivity index (χ0v) is 16.5. The molecule has 0 unspecified atom stereocenters. The van der Waals surface area contributed by atoms with Gasteiger partial charge in [0.05, 0.1) is 16.3 Å². The molecule has 11 heteroatoms. The molecule has 0 fully saturated rings. The smallest absolute Gasteiger partial charge is 0.326 e. The zero-order chi connectivity index (χ0) is 21.2. The Morgan fingerprint density at radius 3 is 2.52 bits per heavy atom. The lowest BCUT2D eigenvalue weighted by molar-refractivity contribution is -0.137. The van der Waals surface area contributed by atoms with E-state index in [4.69, 9.17) is 11.6 Å². The van der Waals surface area contributed by atoms with Gasteiger partial charge in [0.25, 0.3) is 0 Å². The largest absolute Gasteiger partial charge is 0.417 e. The normalized spacial score (nSPS) is 11.6. The number of fused-ring (bicyclic) bond motifs is 1. The minimum absolute atomic E-state index is 0.0602. The third kappa shape index (κ3) is 4.88. The van der Waals surface area contributed by atoms with Crippen LogP contribution in [0.1, 0.15) is 29.3 Å². The summed E-state index contributed by atoms with van der Waals surface area (Å²) in [5.74, 6) is -0.455. The summed E-state index contributed by atoms with van der Waals surface area (Å²) in [5.41, 5.74) is 0.104. The number of Topliss-reactive ketones (excluding diaryl/α,β-unsaturated/α-hetero) is 1. The van der Waals surface area contributed by atoms with E-state index in [1.165, 1.54) is 0 Å². The maximum atomic E-state index is 13.0. The topological polar surface area (TPSA) is 76.4 Å². The van der Waals surface area contributed by atoms with Gasteiger partial charge in [-0.25, -0.2) is 0 Å². The zero-order valence-electron chi connectivity index (χ0n) is 15.0. The molecule has 0 atom stereocenters. The van der Waals surface area contributed by atoms with E-state index in [1.807, 2.05) is 0 Å². The van der Waals surface area contributed by atoms with Crippen molar-refractivity contribution in [3.05, 3.63) is 52.7 Å². The molecule has 0 aliphatic heterocycles. The molecular weight excluding hydrogens is 429 g/mol. The molecule has 0 aliphatic carbocycles. The standard InChI is InChI=1S/C18H14ClF3N4O2S/c1-2-15(28)23-12-5-3-10(4-6-12)14(27)9-29-17-25-24-16-13(19)7-11(8-26(16)17)18(20,21)22/h3-8H,2,9H2,1H3,(H,23,28). The Balaban J connectivity index is 1.74. The fourth-order valence-electron chi connectivity index (χ4n) is 2.39. The van der Waals surface area contributed by atoms with Gasteiger partial charge in [0.1, 0.15) is 0 Å². The third-order valence-corrected chi connectivity index (χ3v) is 5.12. The molecule has 0 saturated heterocycles. The van der Waals surface area contributed by atoms with Gasteiger partial charge in [0.15, 0.2) is 16.6 Å². The molecular formula is C18H14ClF3N4O2S. The van der Waals surface area contributed by atoms with Gasteiger partial charge in [0.2, 0.25) is 5.91 Å². The molecule has 29 heavy (non-hydrogen) atoms. The van der Waals surface area contributed by atoms with Crippen molar-refractivity contribution in [1.29, 1.82) is 0 Å². The Morgan fingerprint density at radius 2 is 1.90 bits per heavy atom. The van der Waals surface area contributed by atoms with Crippen LogP contribution in [-0.2, 0) is 11.0 Å².